The first-order valence-corrected chi connectivity index (χ1v) is 5.50. The molecular formula is C12H20O. The molecule has 2 rings (SSSR count). The highest BCUT2D eigenvalue weighted by atomic mass is 16.5. The van der Waals surface area contributed by atoms with E-state index in [4.69, 9.17) is 4.74 Å². The van der Waals surface area contributed by atoms with Gasteiger partial charge in [-0.15, -0.1) is 0 Å². The molecule has 0 aromatic heterocycles. The highest BCUT2D eigenvalue weighted by Gasteiger charge is 2.37. The van der Waals surface area contributed by atoms with E-state index in [1.807, 2.05) is 0 Å². The van der Waals surface area contributed by atoms with Crippen LogP contribution in [-0.4, -0.2) is 6.61 Å². The second-order valence-electron chi connectivity index (χ2n) is 4.82. The van der Waals surface area contributed by atoms with Crippen LogP contribution in [0.25, 0.3) is 0 Å². The van der Waals surface area contributed by atoms with E-state index in [0.717, 1.165) is 24.4 Å². The summed E-state index contributed by atoms with van der Waals surface area (Å²) in [6.45, 7) is 7.81. The fourth-order valence-corrected chi connectivity index (χ4v) is 2.54. The molecule has 13 heavy (non-hydrogen) atoms. The van der Waals surface area contributed by atoms with Crippen molar-refractivity contribution in [2.45, 2.75) is 40.0 Å². The van der Waals surface area contributed by atoms with Gasteiger partial charge in [-0.1, -0.05) is 13.8 Å². The van der Waals surface area contributed by atoms with Crippen LogP contribution in [0.3, 0.4) is 0 Å². The highest BCUT2D eigenvalue weighted by molar-refractivity contribution is 5.12. The summed E-state index contributed by atoms with van der Waals surface area (Å²) in [5, 5.41) is 0. The average molecular weight is 180 g/mol. The molecule has 0 spiro atoms. The van der Waals surface area contributed by atoms with Crippen LogP contribution >= 0.6 is 0 Å². The SMILES string of the molecule is CC1=C(CC(C)C2CC2C)CCO1. The maximum Gasteiger partial charge on any atom is 0.0922 e. The van der Waals surface area contributed by atoms with Crippen molar-refractivity contribution in [3.63, 3.8) is 0 Å². The van der Waals surface area contributed by atoms with Crippen molar-refractivity contribution in [3.8, 4) is 0 Å². The lowest BCUT2D eigenvalue weighted by Crippen LogP contribution is -2.00. The molecule has 0 amide bonds. The maximum atomic E-state index is 5.47. The van der Waals surface area contributed by atoms with Crippen LogP contribution in [0.5, 0.6) is 0 Å². The van der Waals surface area contributed by atoms with Gasteiger partial charge in [-0.05, 0) is 43.1 Å². The summed E-state index contributed by atoms with van der Waals surface area (Å²) >= 11 is 0. The Morgan fingerprint density at radius 1 is 1.54 bits per heavy atom. The van der Waals surface area contributed by atoms with Crippen molar-refractivity contribution in [1.29, 1.82) is 0 Å². The van der Waals surface area contributed by atoms with Gasteiger partial charge in [-0.25, -0.2) is 0 Å². The quantitative estimate of drug-likeness (QED) is 0.647. The van der Waals surface area contributed by atoms with E-state index < -0.39 is 0 Å². The van der Waals surface area contributed by atoms with Gasteiger partial charge in [0.1, 0.15) is 0 Å². The fourth-order valence-electron chi connectivity index (χ4n) is 2.54. The predicted molar refractivity (Wildman–Crippen MR) is 54.3 cm³/mol. The zero-order chi connectivity index (χ0) is 9.42. The normalized spacial score (nSPS) is 34.7. The number of ether oxygens (including phenoxy) is 1. The first-order chi connectivity index (χ1) is 6.18. The van der Waals surface area contributed by atoms with Gasteiger partial charge in [0, 0.05) is 6.42 Å². The smallest absolute Gasteiger partial charge is 0.0922 e. The molecule has 1 fully saturated rings. The van der Waals surface area contributed by atoms with E-state index in [1.54, 1.807) is 5.57 Å². The van der Waals surface area contributed by atoms with E-state index in [-0.39, 0.29) is 0 Å². The van der Waals surface area contributed by atoms with Gasteiger partial charge in [0.05, 0.1) is 12.4 Å². The fraction of sp³-hybridized carbons (Fsp3) is 0.833. The summed E-state index contributed by atoms with van der Waals surface area (Å²) in [4.78, 5) is 0. The molecule has 0 saturated heterocycles. The van der Waals surface area contributed by atoms with Gasteiger partial charge < -0.3 is 4.74 Å². The summed E-state index contributed by atoms with van der Waals surface area (Å²) in [6.07, 6.45) is 3.91. The van der Waals surface area contributed by atoms with Crippen LogP contribution in [-0.2, 0) is 4.74 Å². The lowest BCUT2D eigenvalue weighted by Gasteiger charge is -2.10. The Kier molecular flexibility index (Phi) is 2.35. The molecule has 1 heteroatoms. The van der Waals surface area contributed by atoms with Crippen LogP contribution in [0.2, 0.25) is 0 Å². The Balaban J connectivity index is 1.87. The Morgan fingerprint density at radius 2 is 2.23 bits per heavy atom. The summed E-state index contributed by atoms with van der Waals surface area (Å²) < 4.78 is 5.47. The minimum atomic E-state index is 0.877. The molecule has 0 aromatic rings. The van der Waals surface area contributed by atoms with Gasteiger partial charge >= 0.3 is 0 Å². The van der Waals surface area contributed by atoms with E-state index in [2.05, 4.69) is 20.8 Å². The number of rotatable bonds is 3. The third-order valence-electron chi connectivity index (χ3n) is 3.69. The summed E-state index contributed by atoms with van der Waals surface area (Å²) in [5.41, 5.74) is 1.58. The van der Waals surface area contributed by atoms with Crippen LogP contribution < -0.4 is 0 Å². The molecule has 1 nitrogen and oxygen atoms in total. The standard InChI is InChI=1S/C12H20O/c1-8(12-7-9(12)2)6-11-4-5-13-10(11)3/h8-9,12H,4-7H2,1-3H3. The number of hydrogen-bond acceptors (Lipinski definition) is 1. The monoisotopic (exact) mass is 180 g/mol. The second-order valence-corrected chi connectivity index (χ2v) is 4.82. The lowest BCUT2D eigenvalue weighted by atomic mass is 9.94. The minimum Gasteiger partial charge on any atom is -0.498 e. The molecule has 3 atom stereocenters. The molecule has 1 aliphatic heterocycles. The summed E-state index contributed by atoms with van der Waals surface area (Å²) in [6, 6.07) is 0. The zero-order valence-electron chi connectivity index (χ0n) is 8.97. The van der Waals surface area contributed by atoms with Crippen molar-refractivity contribution in [3.05, 3.63) is 11.3 Å². The third-order valence-corrected chi connectivity index (χ3v) is 3.69. The molecule has 1 aliphatic carbocycles. The Labute approximate surface area is 81.2 Å². The van der Waals surface area contributed by atoms with Crippen LogP contribution in [0.1, 0.15) is 40.0 Å². The summed E-state index contributed by atoms with van der Waals surface area (Å²) in [7, 11) is 0. The van der Waals surface area contributed by atoms with Gasteiger partial charge in [-0.3, -0.25) is 0 Å². The molecule has 2 aliphatic rings. The molecule has 0 radical (unpaired) electrons. The molecule has 1 heterocycles. The molecule has 0 bridgehead atoms. The van der Waals surface area contributed by atoms with E-state index >= 15 is 0 Å². The topological polar surface area (TPSA) is 9.23 Å². The van der Waals surface area contributed by atoms with E-state index in [1.165, 1.54) is 25.0 Å². The van der Waals surface area contributed by atoms with Crippen molar-refractivity contribution in [2.75, 3.05) is 6.61 Å². The lowest BCUT2D eigenvalue weighted by molar-refractivity contribution is 0.246. The first kappa shape index (κ1) is 9.11. The van der Waals surface area contributed by atoms with Crippen molar-refractivity contribution in [1.82, 2.24) is 0 Å². The molecule has 0 N–H and O–H groups in total. The maximum absolute atomic E-state index is 5.47. The number of allylic oxidation sites excluding steroid dienone is 1. The largest absolute Gasteiger partial charge is 0.498 e. The van der Waals surface area contributed by atoms with E-state index in [9.17, 15) is 0 Å². The minimum absolute atomic E-state index is 0.877. The third kappa shape index (κ3) is 1.90. The Hall–Kier alpha value is -0.460. The van der Waals surface area contributed by atoms with Crippen LogP contribution in [0, 0.1) is 17.8 Å². The number of hydrogen-bond donors (Lipinski definition) is 0. The van der Waals surface area contributed by atoms with Gasteiger partial charge in [-0.2, -0.15) is 0 Å². The highest BCUT2D eigenvalue weighted by Crippen LogP contribution is 2.46. The summed E-state index contributed by atoms with van der Waals surface area (Å²) in [5.74, 6) is 4.07. The molecular weight excluding hydrogens is 160 g/mol. The predicted octanol–water partition coefficient (Wildman–Crippen LogP) is 3.36. The second kappa shape index (κ2) is 3.36. The van der Waals surface area contributed by atoms with Gasteiger partial charge in [0.15, 0.2) is 0 Å². The first-order valence-electron chi connectivity index (χ1n) is 5.50. The molecule has 0 aromatic carbocycles. The molecule has 74 valence electrons. The molecule has 3 unspecified atom stereocenters. The Morgan fingerprint density at radius 3 is 2.69 bits per heavy atom. The van der Waals surface area contributed by atoms with Crippen molar-refractivity contribution >= 4 is 0 Å². The zero-order valence-corrected chi connectivity index (χ0v) is 8.97. The van der Waals surface area contributed by atoms with E-state index in [0.29, 0.717) is 0 Å². The van der Waals surface area contributed by atoms with Crippen molar-refractivity contribution in [2.24, 2.45) is 17.8 Å². The van der Waals surface area contributed by atoms with Gasteiger partial charge in [0.2, 0.25) is 0 Å². The van der Waals surface area contributed by atoms with Crippen LogP contribution in [0.15, 0.2) is 11.3 Å². The van der Waals surface area contributed by atoms with Crippen molar-refractivity contribution < 1.29 is 4.74 Å². The van der Waals surface area contributed by atoms with Gasteiger partial charge in [0.25, 0.3) is 0 Å². The molecule has 1 saturated carbocycles. The Bertz CT molecular complexity index is 229. The van der Waals surface area contributed by atoms with Crippen LogP contribution in [0.4, 0.5) is 0 Å². The average Bonchev–Trinajstić information content (AvgIpc) is 2.68.